The van der Waals surface area contributed by atoms with E-state index in [0.29, 0.717) is 19.4 Å². The van der Waals surface area contributed by atoms with E-state index in [0.717, 1.165) is 41.1 Å². The Morgan fingerprint density at radius 2 is 1.96 bits per heavy atom. The molecular formula is C20H24N2O3S. The Bertz CT molecular complexity index is 770. The second-order valence-corrected chi connectivity index (χ2v) is 7.95. The number of nitrogens with one attached hydrogen (secondary N) is 1. The Morgan fingerprint density at radius 1 is 1.23 bits per heavy atom. The summed E-state index contributed by atoms with van der Waals surface area (Å²) in [5.74, 6) is -1.33. The van der Waals surface area contributed by atoms with Crippen molar-refractivity contribution in [1.82, 2.24) is 10.3 Å². The zero-order valence-electron chi connectivity index (χ0n) is 14.9. The molecule has 0 aliphatic heterocycles. The van der Waals surface area contributed by atoms with Crippen molar-refractivity contribution in [1.29, 1.82) is 0 Å². The summed E-state index contributed by atoms with van der Waals surface area (Å²) in [5.41, 5.74) is 3.26. The molecule has 1 aromatic carbocycles. The van der Waals surface area contributed by atoms with Crippen LogP contribution >= 0.6 is 11.3 Å². The fourth-order valence-corrected chi connectivity index (χ4v) is 4.09. The third-order valence-electron chi connectivity index (χ3n) is 4.98. The van der Waals surface area contributed by atoms with E-state index < -0.39 is 5.97 Å². The van der Waals surface area contributed by atoms with E-state index in [1.807, 2.05) is 6.92 Å². The van der Waals surface area contributed by atoms with Crippen molar-refractivity contribution in [3.63, 3.8) is 0 Å². The van der Waals surface area contributed by atoms with Crippen LogP contribution in [0.4, 0.5) is 0 Å². The van der Waals surface area contributed by atoms with Gasteiger partial charge in [-0.15, -0.1) is 11.3 Å². The number of carbonyl (C=O) groups is 2. The van der Waals surface area contributed by atoms with Gasteiger partial charge in [-0.2, -0.15) is 0 Å². The van der Waals surface area contributed by atoms with Gasteiger partial charge in [-0.1, -0.05) is 30.7 Å². The summed E-state index contributed by atoms with van der Waals surface area (Å²) < 4.78 is 0. The molecule has 1 amide bonds. The number of carboxylic acid groups (broad SMARTS) is 1. The third kappa shape index (κ3) is 4.69. The number of nitrogens with zero attached hydrogens (tertiary/aromatic N) is 1. The highest BCUT2D eigenvalue weighted by Gasteiger charge is 2.30. The first kappa shape index (κ1) is 18.6. The van der Waals surface area contributed by atoms with Crippen LogP contribution in [0.15, 0.2) is 29.6 Å². The number of carboxylic acids is 1. The molecule has 0 radical (unpaired) electrons. The quantitative estimate of drug-likeness (QED) is 0.811. The molecule has 0 bridgehead atoms. The van der Waals surface area contributed by atoms with Gasteiger partial charge in [-0.3, -0.25) is 9.59 Å². The first-order chi connectivity index (χ1) is 12.5. The van der Waals surface area contributed by atoms with Gasteiger partial charge in [0.2, 0.25) is 5.91 Å². The van der Waals surface area contributed by atoms with Crippen LogP contribution in [0.3, 0.4) is 0 Å². The lowest BCUT2D eigenvalue weighted by molar-refractivity contribution is -0.144. The topological polar surface area (TPSA) is 79.3 Å². The molecule has 5 nitrogen and oxygen atoms in total. The van der Waals surface area contributed by atoms with Gasteiger partial charge in [0.15, 0.2) is 0 Å². The van der Waals surface area contributed by atoms with Crippen LogP contribution in [0.1, 0.15) is 36.3 Å². The summed E-state index contributed by atoms with van der Waals surface area (Å²) in [4.78, 5) is 27.9. The average Bonchev–Trinajstić information content (AvgIpc) is 3.08. The third-order valence-corrected chi connectivity index (χ3v) is 5.75. The Balaban J connectivity index is 1.47. The lowest BCUT2D eigenvalue weighted by Crippen LogP contribution is -2.36. The SMILES string of the molecule is Cc1nc(-c2ccc(CCNC(=O)C3CCCC(C(=O)O)C3)cc2)cs1. The molecular weight excluding hydrogens is 348 g/mol. The summed E-state index contributed by atoms with van der Waals surface area (Å²) >= 11 is 1.64. The van der Waals surface area contributed by atoms with Crippen molar-refractivity contribution in [2.24, 2.45) is 11.8 Å². The van der Waals surface area contributed by atoms with Gasteiger partial charge in [0.1, 0.15) is 0 Å². The van der Waals surface area contributed by atoms with Crippen LogP contribution in [-0.4, -0.2) is 28.5 Å². The largest absolute Gasteiger partial charge is 0.481 e. The maximum Gasteiger partial charge on any atom is 0.306 e. The smallest absolute Gasteiger partial charge is 0.306 e. The van der Waals surface area contributed by atoms with Gasteiger partial charge >= 0.3 is 5.97 Å². The molecule has 0 saturated heterocycles. The number of hydrogen-bond acceptors (Lipinski definition) is 4. The minimum Gasteiger partial charge on any atom is -0.481 e. The van der Waals surface area contributed by atoms with Crippen LogP contribution in [-0.2, 0) is 16.0 Å². The Kier molecular flexibility index (Phi) is 6.04. The molecule has 2 N–H and O–H groups in total. The van der Waals surface area contributed by atoms with Crippen LogP contribution in [0.5, 0.6) is 0 Å². The number of aliphatic carboxylic acids is 1. The fraction of sp³-hybridized carbons (Fsp3) is 0.450. The fourth-order valence-electron chi connectivity index (χ4n) is 3.46. The van der Waals surface area contributed by atoms with E-state index in [2.05, 4.69) is 39.9 Å². The molecule has 2 atom stereocenters. The zero-order chi connectivity index (χ0) is 18.5. The van der Waals surface area contributed by atoms with Crippen LogP contribution in [0.25, 0.3) is 11.3 Å². The maximum absolute atomic E-state index is 12.3. The summed E-state index contributed by atoms with van der Waals surface area (Å²) in [6.45, 7) is 2.57. The second-order valence-electron chi connectivity index (χ2n) is 6.89. The number of rotatable bonds is 6. The highest BCUT2D eigenvalue weighted by atomic mass is 32.1. The minimum atomic E-state index is -0.780. The Hall–Kier alpha value is -2.21. The van der Waals surface area contributed by atoms with Crippen molar-refractivity contribution < 1.29 is 14.7 Å². The first-order valence-electron chi connectivity index (χ1n) is 9.05. The van der Waals surface area contributed by atoms with Crippen LogP contribution in [0.2, 0.25) is 0 Å². The number of carbonyl (C=O) groups excluding carboxylic acids is 1. The molecule has 2 aromatic rings. The van der Waals surface area contributed by atoms with Crippen molar-refractivity contribution in [3.05, 3.63) is 40.2 Å². The molecule has 0 spiro atoms. The lowest BCUT2D eigenvalue weighted by Gasteiger charge is -2.25. The second kappa shape index (κ2) is 8.45. The van der Waals surface area contributed by atoms with E-state index in [9.17, 15) is 9.59 Å². The van der Waals surface area contributed by atoms with Crippen molar-refractivity contribution in [2.75, 3.05) is 6.54 Å². The number of amides is 1. The Morgan fingerprint density at radius 3 is 2.62 bits per heavy atom. The minimum absolute atomic E-state index is 0.00878. The predicted octanol–water partition coefficient (Wildman–Crippen LogP) is 3.67. The first-order valence-corrected chi connectivity index (χ1v) is 9.93. The highest BCUT2D eigenvalue weighted by molar-refractivity contribution is 7.09. The number of hydrogen-bond donors (Lipinski definition) is 2. The average molecular weight is 372 g/mol. The zero-order valence-corrected chi connectivity index (χ0v) is 15.7. The van der Waals surface area contributed by atoms with Gasteiger partial charge in [-0.05, 0) is 38.2 Å². The summed E-state index contributed by atoms with van der Waals surface area (Å²) in [7, 11) is 0. The Labute approximate surface area is 157 Å². The van der Waals surface area contributed by atoms with Crippen molar-refractivity contribution in [3.8, 4) is 11.3 Å². The number of aromatic nitrogens is 1. The molecule has 2 unspecified atom stereocenters. The van der Waals surface area contributed by atoms with Crippen molar-refractivity contribution >= 4 is 23.2 Å². The van der Waals surface area contributed by atoms with Gasteiger partial charge in [0.05, 0.1) is 16.6 Å². The molecule has 1 aliphatic rings. The number of aryl methyl sites for hydroxylation is 1. The molecule has 26 heavy (non-hydrogen) atoms. The van der Waals surface area contributed by atoms with Gasteiger partial charge in [-0.25, -0.2) is 4.98 Å². The van der Waals surface area contributed by atoms with E-state index in [4.69, 9.17) is 5.11 Å². The van der Waals surface area contributed by atoms with E-state index in [1.54, 1.807) is 11.3 Å². The number of benzene rings is 1. The van der Waals surface area contributed by atoms with Crippen LogP contribution in [0, 0.1) is 18.8 Å². The van der Waals surface area contributed by atoms with Crippen LogP contribution < -0.4 is 5.32 Å². The molecule has 3 rings (SSSR count). The molecule has 1 saturated carbocycles. The summed E-state index contributed by atoms with van der Waals surface area (Å²) in [6, 6.07) is 8.25. The maximum atomic E-state index is 12.3. The molecule has 138 valence electrons. The lowest BCUT2D eigenvalue weighted by atomic mass is 9.81. The molecule has 1 heterocycles. The van der Waals surface area contributed by atoms with Crippen molar-refractivity contribution in [2.45, 2.75) is 39.0 Å². The van der Waals surface area contributed by atoms with E-state index >= 15 is 0 Å². The molecule has 6 heteroatoms. The normalized spacial score (nSPS) is 19.9. The molecule has 1 aliphatic carbocycles. The van der Waals surface area contributed by atoms with Gasteiger partial charge in [0.25, 0.3) is 0 Å². The standard InChI is InChI=1S/C20H24N2O3S/c1-13-22-18(12-26-13)15-7-5-14(6-8-15)9-10-21-19(23)16-3-2-4-17(11-16)20(24)25/h5-8,12,16-17H,2-4,9-11H2,1H3,(H,21,23)(H,24,25). The summed E-state index contributed by atoms with van der Waals surface area (Å²) in [5, 5.41) is 15.2. The monoisotopic (exact) mass is 372 g/mol. The predicted molar refractivity (Wildman–Crippen MR) is 102 cm³/mol. The highest BCUT2D eigenvalue weighted by Crippen LogP contribution is 2.29. The van der Waals surface area contributed by atoms with Gasteiger partial charge in [0, 0.05) is 23.4 Å². The molecule has 1 fully saturated rings. The summed E-state index contributed by atoms with van der Waals surface area (Å²) in [6.07, 6.45) is 3.51. The van der Waals surface area contributed by atoms with Gasteiger partial charge < -0.3 is 10.4 Å². The van der Waals surface area contributed by atoms with E-state index in [1.165, 1.54) is 0 Å². The number of thiazole rings is 1. The molecule has 1 aromatic heterocycles. The van der Waals surface area contributed by atoms with E-state index in [-0.39, 0.29) is 17.7 Å².